The number of ether oxygens (including phenoxy) is 1. The maximum Gasteiger partial charge on any atom is 0.349 e. The molecule has 0 atom stereocenters. The second-order valence-electron chi connectivity index (χ2n) is 4.98. The van der Waals surface area contributed by atoms with Gasteiger partial charge in [-0.2, -0.15) is 0 Å². The lowest BCUT2D eigenvalue weighted by Crippen LogP contribution is -2.29. The summed E-state index contributed by atoms with van der Waals surface area (Å²) in [5.74, 6) is -1.16. The average molecular weight is 350 g/mol. The third kappa shape index (κ3) is 4.69. The Morgan fingerprint density at radius 2 is 2.12 bits per heavy atom. The Morgan fingerprint density at radius 3 is 2.79 bits per heavy atom. The Labute approximate surface area is 143 Å². The van der Waals surface area contributed by atoms with Crippen molar-refractivity contribution in [2.24, 2.45) is 0 Å². The van der Waals surface area contributed by atoms with Crippen molar-refractivity contribution in [3.05, 3.63) is 40.7 Å². The number of thiophene rings is 1. The average Bonchev–Trinajstić information content (AvgIpc) is 3.20. The highest BCUT2D eigenvalue weighted by Crippen LogP contribution is 2.27. The van der Waals surface area contributed by atoms with Crippen LogP contribution >= 0.6 is 11.3 Å². The van der Waals surface area contributed by atoms with E-state index >= 15 is 0 Å². The van der Waals surface area contributed by atoms with Crippen molar-refractivity contribution >= 4 is 34.1 Å². The van der Waals surface area contributed by atoms with Crippen LogP contribution in [-0.2, 0) is 9.53 Å². The first-order valence-electron chi connectivity index (χ1n) is 7.40. The van der Waals surface area contributed by atoms with E-state index in [1.165, 1.54) is 6.26 Å². The minimum atomic E-state index is -0.595. The molecule has 0 aliphatic rings. The monoisotopic (exact) mass is 350 g/mol. The van der Waals surface area contributed by atoms with Gasteiger partial charge in [-0.05, 0) is 37.1 Å². The van der Waals surface area contributed by atoms with Crippen LogP contribution < -0.4 is 10.6 Å². The fourth-order valence-corrected chi connectivity index (χ4v) is 2.80. The van der Waals surface area contributed by atoms with Crippen LogP contribution in [0.1, 0.15) is 39.1 Å². The highest BCUT2D eigenvalue weighted by molar-refractivity contribution is 7.18. The predicted octanol–water partition coefficient (Wildman–Crippen LogP) is 2.58. The topological polar surface area (TPSA) is 97.6 Å². The number of nitrogens with one attached hydrogen (secondary N) is 2. The van der Waals surface area contributed by atoms with Gasteiger partial charge in [0.15, 0.2) is 12.4 Å². The number of anilines is 1. The number of carbonyl (C=O) groups is 3. The number of hydrogen-bond donors (Lipinski definition) is 2. The van der Waals surface area contributed by atoms with E-state index in [1.54, 1.807) is 25.1 Å². The molecule has 7 nitrogen and oxygen atoms in total. The first-order chi connectivity index (χ1) is 11.5. The van der Waals surface area contributed by atoms with Crippen molar-refractivity contribution in [1.29, 1.82) is 0 Å². The Morgan fingerprint density at radius 1 is 1.33 bits per heavy atom. The van der Waals surface area contributed by atoms with E-state index < -0.39 is 11.9 Å². The Hall–Kier alpha value is -2.61. The van der Waals surface area contributed by atoms with Crippen LogP contribution in [-0.4, -0.2) is 30.9 Å². The van der Waals surface area contributed by atoms with E-state index in [-0.39, 0.29) is 18.3 Å². The summed E-state index contributed by atoms with van der Waals surface area (Å²) in [4.78, 5) is 35.8. The Kier molecular flexibility index (Phi) is 6.14. The summed E-state index contributed by atoms with van der Waals surface area (Å²) < 4.78 is 9.99. The maximum atomic E-state index is 12.0. The van der Waals surface area contributed by atoms with Crippen LogP contribution in [0.2, 0.25) is 0 Å². The van der Waals surface area contributed by atoms with Crippen LogP contribution in [0.3, 0.4) is 0 Å². The number of rotatable bonds is 7. The molecule has 2 rings (SSSR count). The van der Waals surface area contributed by atoms with Crippen LogP contribution in [0.25, 0.3) is 0 Å². The van der Waals surface area contributed by atoms with Gasteiger partial charge in [-0.1, -0.05) is 6.92 Å². The molecule has 24 heavy (non-hydrogen) atoms. The third-order valence-electron chi connectivity index (χ3n) is 2.99. The molecule has 8 heteroatoms. The largest absolute Gasteiger partial charge is 0.459 e. The number of amides is 2. The molecule has 0 saturated carbocycles. The van der Waals surface area contributed by atoms with Gasteiger partial charge in [0, 0.05) is 6.54 Å². The molecule has 0 bridgehead atoms. The van der Waals surface area contributed by atoms with Gasteiger partial charge >= 0.3 is 5.97 Å². The predicted molar refractivity (Wildman–Crippen MR) is 89.3 cm³/mol. The Balaban J connectivity index is 1.94. The molecule has 2 aromatic heterocycles. The molecule has 0 fully saturated rings. The fourth-order valence-electron chi connectivity index (χ4n) is 1.84. The zero-order chi connectivity index (χ0) is 17.5. The number of carbonyl (C=O) groups excluding carboxylic acids is 3. The molecule has 2 heterocycles. The van der Waals surface area contributed by atoms with Crippen LogP contribution in [0.15, 0.2) is 28.9 Å². The SMILES string of the molecule is CCCNC(=O)COC(=O)c1sc(NC(=O)c2ccco2)cc1C. The van der Waals surface area contributed by atoms with Crippen molar-refractivity contribution in [1.82, 2.24) is 5.32 Å². The lowest BCUT2D eigenvalue weighted by Gasteiger charge is -2.04. The van der Waals surface area contributed by atoms with E-state index in [2.05, 4.69) is 10.6 Å². The van der Waals surface area contributed by atoms with Gasteiger partial charge in [-0.3, -0.25) is 9.59 Å². The summed E-state index contributed by atoms with van der Waals surface area (Å²) in [6.45, 7) is 3.87. The molecule has 0 spiro atoms. The quantitative estimate of drug-likeness (QED) is 0.748. The van der Waals surface area contributed by atoms with Gasteiger partial charge in [0.1, 0.15) is 4.88 Å². The molecule has 2 amide bonds. The molecule has 0 aliphatic carbocycles. The molecule has 2 aromatic rings. The minimum absolute atomic E-state index is 0.178. The molecule has 128 valence electrons. The van der Waals surface area contributed by atoms with Gasteiger partial charge < -0.3 is 19.8 Å². The summed E-state index contributed by atoms with van der Waals surface area (Å²) in [5, 5.41) is 5.77. The molecule has 0 saturated heterocycles. The molecular weight excluding hydrogens is 332 g/mol. The minimum Gasteiger partial charge on any atom is -0.459 e. The van der Waals surface area contributed by atoms with Crippen molar-refractivity contribution in [2.45, 2.75) is 20.3 Å². The summed E-state index contributed by atoms with van der Waals surface area (Å²) in [7, 11) is 0. The summed E-state index contributed by atoms with van der Waals surface area (Å²) in [5.41, 5.74) is 0.661. The van der Waals surface area contributed by atoms with Gasteiger partial charge in [0.2, 0.25) is 0 Å². The summed E-state index contributed by atoms with van der Waals surface area (Å²) in [6, 6.07) is 4.82. The highest BCUT2D eigenvalue weighted by Gasteiger charge is 2.18. The lowest BCUT2D eigenvalue weighted by atomic mass is 10.3. The second kappa shape index (κ2) is 8.30. The van der Waals surface area contributed by atoms with Crippen LogP contribution in [0, 0.1) is 6.92 Å². The second-order valence-corrected chi connectivity index (χ2v) is 6.03. The number of hydrogen-bond acceptors (Lipinski definition) is 6. The fraction of sp³-hybridized carbons (Fsp3) is 0.312. The van der Waals surface area contributed by atoms with Gasteiger partial charge in [-0.25, -0.2) is 4.79 Å². The number of esters is 1. The Bertz CT molecular complexity index is 721. The first-order valence-corrected chi connectivity index (χ1v) is 8.22. The zero-order valence-corrected chi connectivity index (χ0v) is 14.2. The molecular formula is C16H18N2O5S. The highest BCUT2D eigenvalue weighted by atomic mass is 32.1. The van der Waals surface area contributed by atoms with Gasteiger partial charge in [0.05, 0.1) is 11.3 Å². The van der Waals surface area contributed by atoms with E-state index in [4.69, 9.17) is 9.15 Å². The normalized spacial score (nSPS) is 10.2. The zero-order valence-electron chi connectivity index (χ0n) is 13.4. The molecule has 0 radical (unpaired) electrons. The van der Waals surface area contributed by atoms with Crippen molar-refractivity contribution in [2.75, 3.05) is 18.5 Å². The van der Waals surface area contributed by atoms with Crippen LogP contribution in [0.5, 0.6) is 0 Å². The number of furan rings is 1. The van der Waals surface area contributed by atoms with Crippen molar-refractivity contribution in [3.63, 3.8) is 0 Å². The first kappa shape index (κ1) is 17.7. The summed E-state index contributed by atoms with van der Waals surface area (Å²) in [6.07, 6.45) is 2.21. The van der Waals surface area contributed by atoms with Gasteiger partial charge in [-0.15, -0.1) is 11.3 Å². The smallest absolute Gasteiger partial charge is 0.349 e. The molecule has 0 aliphatic heterocycles. The van der Waals surface area contributed by atoms with E-state index in [1.807, 2.05) is 6.92 Å². The van der Waals surface area contributed by atoms with Crippen LogP contribution in [0.4, 0.5) is 5.00 Å². The summed E-state index contributed by atoms with van der Waals surface area (Å²) >= 11 is 1.08. The molecule has 0 aromatic carbocycles. The van der Waals surface area contributed by atoms with E-state index in [9.17, 15) is 14.4 Å². The van der Waals surface area contributed by atoms with E-state index in [0.717, 1.165) is 17.8 Å². The lowest BCUT2D eigenvalue weighted by molar-refractivity contribution is -0.124. The maximum absolute atomic E-state index is 12.0. The molecule has 0 unspecified atom stereocenters. The van der Waals surface area contributed by atoms with Crippen molar-refractivity contribution in [3.8, 4) is 0 Å². The standard InChI is InChI=1S/C16H18N2O5S/c1-3-6-17-12(19)9-23-16(21)14-10(2)8-13(24-14)18-15(20)11-5-4-7-22-11/h4-5,7-8H,3,6,9H2,1-2H3,(H,17,19)(H,18,20). The van der Waals surface area contributed by atoms with E-state index in [0.29, 0.717) is 22.0 Å². The van der Waals surface area contributed by atoms with Gasteiger partial charge in [0.25, 0.3) is 11.8 Å². The third-order valence-corrected chi connectivity index (χ3v) is 4.12. The van der Waals surface area contributed by atoms with Crippen molar-refractivity contribution < 1.29 is 23.5 Å². The number of aryl methyl sites for hydroxylation is 1. The molecule has 2 N–H and O–H groups in total.